The maximum absolute atomic E-state index is 5.89. The van der Waals surface area contributed by atoms with Crippen LogP contribution in [-0.4, -0.2) is 18.2 Å². The minimum absolute atomic E-state index is 0. The van der Waals surface area contributed by atoms with Crippen LogP contribution in [0, 0.1) is 0 Å². The number of aromatic nitrogens is 1. The highest BCUT2D eigenvalue weighted by Gasteiger charge is 2.13. The van der Waals surface area contributed by atoms with Crippen molar-refractivity contribution in [2.24, 2.45) is 4.99 Å². The predicted octanol–water partition coefficient (Wildman–Crippen LogP) is 3.94. The number of hydrogen-bond donors (Lipinski definition) is 2. The maximum atomic E-state index is 5.89. The second-order valence-electron chi connectivity index (χ2n) is 5.14. The Labute approximate surface area is 165 Å². The number of nitrogens with one attached hydrogen (secondary N) is 2. The molecule has 24 heavy (non-hydrogen) atoms. The van der Waals surface area contributed by atoms with Gasteiger partial charge in [-0.1, -0.05) is 42.7 Å². The minimum atomic E-state index is 0. The molecule has 1 aromatic carbocycles. The van der Waals surface area contributed by atoms with Gasteiger partial charge in [-0.25, -0.2) is 0 Å². The second-order valence-corrected chi connectivity index (χ2v) is 5.58. The van der Waals surface area contributed by atoms with Crippen molar-refractivity contribution in [2.75, 3.05) is 7.05 Å². The van der Waals surface area contributed by atoms with E-state index in [1.165, 1.54) is 0 Å². The molecule has 0 atom stereocenters. The molecule has 1 aromatic heterocycles. The summed E-state index contributed by atoms with van der Waals surface area (Å²) in [4.78, 5) is 4.25. The van der Waals surface area contributed by atoms with E-state index in [2.05, 4.69) is 34.6 Å². The van der Waals surface area contributed by atoms with Crippen LogP contribution in [0.1, 0.15) is 36.4 Å². The first kappa shape index (κ1) is 20.8. The van der Waals surface area contributed by atoms with Gasteiger partial charge in [-0.05, 0) is 24.1 Å². The van der Waals surface area contributed by atoms with Gasteiger partial charge in [-0.15, -0.1) is 24.0 Å². The number of guanidine groups is 1. The smallest absolute Gasteiger partial charge is 0.191 e. The SMILES string of the molecule is CCc1noc(CC)c1CNC(=NC)NCc1ccc(Cl)cc1.I. The van der Waals surface area contributed by atoms with Crippen molar-refractivity contribution in [1.82, 2.24) is 15.8 Å². The third-order valence-corrected chi connectivity index (χ3v) is 3.89. The van der Waals surface area contributed by atoms with Gasteiger partial charge in [0.1, 0.15) is 5.76 Å². The van der Waals surface area contributed by atoms with Crippen molar-refractivity contribution in [3.63, 3.8) is 0 Å². The van der Waals surface area contributed by atoms with E-state index in [1.54, 1.807) is 7.05 Å². The first-order valence-corrected chi connectivity index (χ1v) is 8.20. The van der Waals surface area contributed by atoms with Crippen LogP contribution in [-0.2, 0) is 25.9 Å². The number of aliphatic imine (C=N–C) groups is 1. The standard InChI is InChI=1S/C17H23ClN4O.HI/c1-4-15-14(16(5-2)23-22-15)11-21-17(19-3)20-10-12-6-8-13(18)9-7-12;/h6-9H,4-5,10-11H2,1-3H3,(H2,19,20,21);1H. The molecule has 2 aromatic rings. The predicted molar refractivity (Wildman–Crippen MR) is 109 cm³/mol. The van der Waals surface area contributed by atoms with Crippen LogP contribution in [0.4, 0.5) is 0 Å². The largest absolute Gasteiger partial charge is 0.361 e. The van der Waals surface area contributed by atoms with Gasteiger partial charge >= 0.3 is 0 Å². The van der Waals surface area contributed by atoms with Gasteiger partial charge in [-0.3, -0.25) is 4.99 Å². The lowest BCUT2D eigenvalue weighted by molar-refractivity contribution is 0.380. The number of rotatable bonds is 6. The molecule has 2 N–H and O–H groups in total. The van der Waals surface area contributed by atoms with Crippen molar-refractivity contribution < 1.29 is 4.52 Å². The van der Waals surface area contributed by atoms with Crippen molar-refractivity contribution in [2.45, 2.75) is 39.8 Å². The Balaban J connectivity index is 0.00000288. The van der Waals surface area contributed by atoms with Gasteiger partial charge in [0.05, 0.1) is 5.69 Å². The summed E-state index contributed by atoms with van der Waals surface area (Å²) in [6, 6.07) is 7.75. The van der Waals surface area contributed by atoms with Crippen LogP contribution in [0.3, 0.4) is 0 Å². The van der Waals surface area contributed by atoms with Crippen LogP contribution in [0.15, 0.2) is 33.8 Å². The van der Waals surface area contributed by atoms with Crippen molar-refractivity contribution >= 4 is 41.5 Å². The quantitative estimate of drug-likeness (QED) is 0.388. The second kappa shape index (κ2) is 10.6. The lowest BCUT2D eigenvalue weighted by Gasteiger charge is -2.12. The van der Waals surface area contributed by atoms with Crippen molar-refractivity contribution in [3.8, 4) is 0 Å². The third-order valence-electron chi connectivity index (χ3n) is 3.64. The first-order valence-electron chi connectivity index (χ1n) is 7.83. The molecular formula is C17H24ClIN4O. The summed E-state index contributed by atoms with van der Waals surface area (Å²) < 4.78 is 5.38. The fourth-order valence-electron chi connectivity index (χ4n) is 2.32. The summed E-state index contributed by atoms with van der Waals surface area (Å²) in [5, 5.41) is 11.5. The number of hydrogen-bond acceptors (Lipinski definition) is 3. The lowest BCUT2D eigenvalue weighted by atomic mass is 10.1. The number of benzene rings is 1. The van der Waals surface area contributed by atoms with Crippen LogP contribution in [0.25, 0.3) is 0 Å². The Morgan fingerprint density at radius 1 is 1.12 bits per heavy atom. The molecule has 7 heteroatoms. The molecule has 0 unspecified atom stereocenters. The van der Waals surface area contributed by atoms with Crippen LogP contribution in [0.2, 0.25) is 5.02 Å². The van der Waals surface area contributed by atoms with E-state index in [4.69, 9.17) is 16.1 Å². The Bertz CT molecular complexity index is 634. The van der Waals surface area contributed by atoms with E-state index in [9.17, 15) is 0 Å². The van der Waals surface area contributed by atoms with Gasteiger partial charge in [0.25, 0.3) is 0 Å². The van der Waals surface area contributed by atoms with Gasteiger partial charge in [0.15, 0.2) is 5.96 Å². The van der Waals surface area contributed by atoms with Crippen molar-refractivity contribution in [3.05, 3.63) is 51.9 Å². The maximum Gasteiger partial charge on any atom is 0.191 e. The fraction of sp³-hybridized carbons (Fsp3) is 0.412. The molecule has 1 heterocycles. The molecule has 0 aliphatic rings. The molecule has 0 spiro atoms. The molecule has 0 amide bonds. The molecular weight excluding hydrogens is 439 g/mol. The summed E-state index contributed by atoms with van der Waals surface area (Å²) in [5.41, 5.74) is 3.28. The molecule has 0 fully saturated rings. The molecule has 0 saturated carbocycles. The molecule has 0 saturated heterocycles. The first-order chi connectivity index (χ1) is 11.2. The Morgan fingerprint density at radius 2 is 1.79 bits per heavy atom. The molecule has 132 valence electrons. The van der Waals surface area contributed by atoms with E-state index in [-0.39, 0.29) is 24.0 Å². The topological polar surface area (TPSA) is 62.5 Å². The Hall–Kier alpha value is -1.28. The molecule has 0 aliphatic heterocycles. The highest BCUT2D eigenvalue weighted by molar-refractivity contribution is 14.0. The van der Waals surface area contributed by atoms with Gasteiger partial charge in [-0.2, -0.15) is 0 Å². The van der Waals surface area contributed by atoms with E-state index in [0.717, 1.165) is 46.4 Å². The molecule has 5 nitrogen and oxygen atoms in total. The van der Waals surface area contributed by atoms with E-state index >= 15 is 0 Å². The Morgan fingerprint density at radius 3 is 2.38 bits per heavy atom. The molecule has 2 rings (SSSR count). The monoisotopic (exact) mass is 462 g/mol. The molecule has 0 radical (unpaired) electrons. The van der Waals surface area contributed by atoms with Crippen LogP contribution in [0.5, 0.6) is 0 Å². The zero-order valence-corrected chi connectivity index (χ0v) is 17.3. The number of nitrogens with zero attached hydrogens (tertiary/aromatic N) is 2. The van der Waals surface area contributed by atoms with Gasteiger partial charge < -0.3 is 15.2 Å². The summed E-state index contributed by atoms with van der Waals surface area (Å²) in [6.07, 6.45) is 1.69. The summed E-state index contributed by atoms with van der Waals surface area (Å²) in [6.45, 7) is 5.48. The fourth-order valence-corrected chi connectivity index (χ4v) is 2.44. The van der Waals surface area contributed by atoms with Crippen LogP contribution < -0.4 is 10.6 Å². The van der Waals surface area contributed by atoms with Gasteiger partial charge in [0, 0.05) is 37.1 Å². The van der Waals surface area contributed by atoms with Crippen LogP contribution >= 0.6 is 35.6 Å². The summed E-state index contributed by atoms with van der Waals surface area (Å²) in [7, 11) is 1.76. The normalized spacial score (nSPS) is 11.1. The highest BCUT2D eigenvalue weighted by Crippen LogP contribution is 2.15. The zero-order chi connectivity index (χ0) is 16.7. The average Bonchev–Trinajstić information content (AvgIpc) is 2.98. The lowest BCUT2D eigenvalue weighted by Crippen LogP contribution is -2.36. The van der Waals surface area contributed by atoms with Crippen molar-refractivity contribution in [1.29, 1.82) is 0 Å². The Kier molecular flexibility index (Phi) is 9.13. The summed E-state index contributed by atoms with van der Waals surface area (Å²) >= 11 is 5.89. The number of aryl methyl sites for hydroxylation is 2. The molecule has 0 aliphatic carbocycles. The number of halogens is 2. The summed E-state index contributed by atoms with van der Waals surface area (Å²) in [5.74, 6) is 1.67. The highest BCUT2D eigenvalue weighted by atomic mass is 127. The third kappa shape index (κ3) is 5.66. The zero-order valence-electron chi connectivity index (χ0n) is 14.2. The van der Waals surface area contributed by atoms with E-state index in [1.807, 2.05) is 24.3 Å². The average molecular weight is 463 g/mol. The minimum Gasteiger partial charge on any atom is -0.361 e. The molecule has 0 bridgehead atoms. The van der Waals surface area contributed by atoms with E-state index < -0.39 is 0 Å². The van der Waals surface area contributed by atoms with Gasteiger partial charge in [0.2, 0.25) is 0 Å². The van der Waals surface area contributed by atoms with E-state index in [0.29, 0.717) is 13.1 Å².